The molecule has 0 unspecified atom stereocenters. The Morgan fingerprint density at radius 1 is 1.09 bits per heavy atom. The summed E-state index contributed by atoms with van der Waals surface area (Å²) in [7, 11) is 1.29. The summed E-state index contributed by atoms with van der Waals surface area (Å²) in [5.41, 5.74) is -0.170. The monoisotopic (exact) mass is 314 g/mol. The highest BCUT2D eigenvalue weighted by molar-refractivity contribution is 5.88. The Bertz CT molecular complexity index is 927. The summed E-state index contributed by atoms with van der Waals surface area (Å²) in [6, 6.07) is 10.2. The molecule has 0 bridgehead atoms. The van der Waals surface area contributed by atoms with E-state index in [4.69, 9.17) is 13.9 Å². The van der Waals surface area contributed by atoms with Crippen LogP contribution in [0, 0.1) is 6.92 Å². The second-order valence-corrected chi connectivity index (χ2v) is 4.93. The number of aryl methyl sites for hydroxylation is 1. The van der Waals surface area contributed by atoms with Crippen molar-refractivity contribution in [3.8, 4) is 28.9 Å². The van der Waals surface area contributed by atoms with E-state index in [1.165, 1.54) is 13.2 Å². The lowest BCUT2D eigenvalue weighted by atomic mass is 10.1. The van der Waals surface area contributed by atoms with Crippen molar-refractivity contribution in [1.29, 1.82) is 0 Å². The Morgan fingerprint density at radius 2 is 1.78 bits per heavy atom. The SMILES string of the molecule is COc1c(Oc2ccccc2)oc2cc(C)c(O)c(O)c2c1=O. The fraction of sp³-hybridized carbons (Fsp3) is 0.118. The van der Waals surface area contributed by atoms with Gasteiger partial charge in [0.15, 0.2) is 11.5 Å². The van der Waals surface area contributed by atoms with Gasteiger partial charge in [0.2, 0.25) is 11.2 Å². The summed E-state index contributed by atoms with van der Waals surface area (Å²) in [6.07, 6.45) is 0. The van der Waals surface area contributed by atoms with Gasteiger partial charge in [-0.3, -0.25) is 4.79 Å². The van der Waals surface area contributed by atoms with Crippen LogP contribution in [-0.2, 0) is 0 Å². The van der Waals surface area contributed by atoms with Crippen LogP contribution in [0.5, 0.6) is 28.9 Å². The summed E-state index contributed by atoms with van der Waals surface area (Å²) in [5.74, 6) is -0.768. The lowest BCUT2D eigenvalue weighted by molar-refractivity contribution is 0.304. The standard InChI is InChI=1S/C17H14O6/c1-9-8-11-12(14(19)13(9)18)15(20)16(21-2)17(23-11)22-10-6-4-3-5-7-10/h3-8,18-19H,1-2H3. The van der Waals surface area contributed by atoms with E-state index in [0.29, 0.717) is 11.3 Å². The lowest BCUT2D eigenvalue weighted by Gasteiger charge is -2.11. The predicted molar refractivity (Wildman–Crippen MR) is 83.6 cm³/mol. The first-order valence-corrected chi connectivity index (χ1v) is 6.82. The van der Waals surface area contributed by atoms with Crippen LogP contribution in [0.15, 0.2) is 45.6 Å². The van der Waals surface area contributed by atoms with Crippen LogP contribution >= 0.6 is 0 Å². The molecule has 0 saturated carbocycles. The Kier molecular flexibility index (Phi) is 3.57. The molecule has 1 aromatic heterocycles. The van der Waals surface area contributed by atoms with Gasteiger partial charge in [-0.2, -0.15) is 0 Å². The zero-order valence-corrected chi connectivity index (χ0v) is 12.5. The van der Waals surface area contributed by atoms with Gasteiger partial charge in [-0.05, 0) is 30.7 Å². The molecule has 2 aromatic carbocycles. The second-order valence-electron chi connectivity index (χ2n) is 4.93. The lowest BCUT2D eigenvalue weighted by Crippen LogP contribution is -2.08. The number of methoxy groups -OCH3 is 1. The average Bonchev–Trinajstić information content (AvgIpc) is 2.54. The molecule has 23 heavy (non-hydrogen) atoms. The molecule has 118 valence electrons. The van der Waals surface area contributed by atoms with Crippen molar-refractivity contribution in [1.82, 2.24) is 0 Å². The van der Waals surface area contributed by atoms with Gasteiger partial charge < -0.3 is 24.1 Å². The van der Waals surface area contributed by atoms with Gasteiger partial charge in [0.25, 0.3) is 0 Å². The van der Waals surface area contributed by atoms with Crippen molar-refractivity contribution < 1.29 is 24.1 Å². The summed E-state index contributed by atoms with van der Waals surface area (Å²) in [6.45, 7) is 1.58. The molecule has 3 aromatic rings. The fourth-order valence-corrected chi connectivity index (χ4v) is 2.25. The first kappa shape index (κ1) is 14.8. The van der Waals surface area contributed by atoms with E-state index >= 15 is 0 Å². The van der Waals surface area contributed by atoms with Gasteiger partial charge in [-0.1, -0.05) is 18.2 Å². The van der Waals surface area contributed by atoms with Crippen molar-refractivity contribution >= 4 is 11.0 Å². The van der Waals surface area contributed by atoms with Crippen LogP contribution in [-0.4, -0.2) is 17.3 Å². The van der Waals surface area contributed by atoms with E-state index in [1.807, 2.05) is 6.07 Å². The maximum absolute atomic E-state index is 12.5. The Hall–Kier alpha value is -3.15. The van der Waals surface area contributed by atoms with Gasteiger partial charge in [0.05, 0.1) is 7.11 Å². The van der Waals surface area contributed by atoms with Crippen molar-refractivity contribution in [3.63, 3.8) is 0 Å². The molecular formula is C17H14O6. The maximum atomic E-state index is 12.5. The first-order valence-electron chi connectivity index (χ1n) is 6.82. The smallest absolute Gasteiger partial charge is 0.338 e. The maximum Gasteiger partial charge on any atom is 0.338 e. The van der Waals surface area contributed by atoms with Gasteiger partial charge >= 0.3 is 5.95 Å². The number of rotatable bonds is 3. The van der Waals surface area contributed by atoms with Gasteiger partial charge in [0, 0.05) is 0 Å². The minimum atomic E-state index is -0.632. The third-order valence-electron chi connectivity index (χ3n) is 3.41. The van der Waals surface area contributed by atoms with Gasteiger partial charge in [-0.25, -0.2) is 0 Å². The number of para-hydroxylation sites is 1. The number of hydrogen-bond acceptors (Lipinski definition) is 6. The van der Waals surface area contributed by atoms with E-state index in [9.17, 15) is 15.0 Å². The molecule has 0 amide bonds. The molecule has 0 saturated heterocycles. The third-order valence-corrected chi connectivity index (χ3v) is 3.41. The normalized spacial score (nSPS) is 10.7. The van der Waals surface area contributed by atoms with Crippen LogP contribution in [0.3, 0.4) is 0 Å². The van der Waals surface area contributed by atoms with E-state index in [-0.39, 0.29) is 28.4 Å². The highest BCUT2D eigenvalue weighted by Crippen LogP contribution is 2.39. The van der Waals surface area contributed by atoms with Gasteiger partial charge in [-0.15, -0.1) is 0 Å². The molecule has 6 nitrogen and oxygen atoms in total. The predicted octanol–water partition coefficient (Wildman–Crippen LogP) is 3.31. The zero-order chi connectivity index (χ0) is 16.6. The average molecular weight is 314 g/mol. The van der Waals surface area contributed by atoms with E-state index in [2.05, 4.69) is 0 Å². The third kappa shape index (κ3) is 2.44. The molecule has 0 spiro atoms. The Morgan fingerprint density at radius 3 is 2.43 bits per heavy atom. The number of phenolic OH excluding ortho intramolecular Hbond substituents is 2. The largest absolute Gasteiger partial charge is 0.504 e. The summed E-state index contributed by atoms with van der Waals surface area (Å²) in [5, 5.41) is 19.6. The number of benzene rings is 2. The summed E-state index contributed by atoms with van der Waals surface area (Å²) >= 11 is 0. The molecule has 0 aliphatic heterocycles. The number of phenols is 2. The van der Waals surface area contributed by atoms with Crippen molar-refractivity contribution in [2.24, 2.45) is 0 Å². The van der Waals surface area contributed by atoms with E-state index in [0.717, 1.165) is 0 Å². The number of ether oxygens (including phenoxy) is 2. The van der Waals surface area contributed by atoms with Crippen molar-refractivity contribution in [2.75, 3.05) is 7.11 Å². The van der Waals surface area contributed by atoms with Crippen LogP contribution in [0.2, 0.25) is 0 Å². The van der Waals surface area contributed by atoms with Gasteiger partial charge in [0.1, 0.15) is 16.7 Å². The van der Waals surface area contributed by atoms with Crippen molar-refractivity contribution in [3.05, 3.63) is 52.2 Å². The minimum Gasteiger partial charge on any atom is -0.504 e. The highest BCUT2D eigenvalue weighted by Gasteiger charge is 2.22. The van der Waals surface area contributed by atoms with Crippen LogP contribution in [0.1, 0.15) is 5.56 Å². The van der Waals surface area contributed by atoms with Crippen LogP contribution < -0.4 is 14.9 Å². The van der Waals surface area contributed by atoms with Crippen LogP contribution in [0.4, 0.5) is 0 Å². The highest BCUT2D eigenvalue weighted by atomic mass is 16.6. The quantitative estimate of drug-likeness (QED) is 0.721. The summed E-state index contributed by atoms with van der Waals surface area (Å²) < 4.78 is 16.2. The fourth-order valence-electron chi connectivity index (χ4n) is 2.25. The van der Waals surface area contributed by atoms with Crippen LogP contribution in [0.25, 0.3) is 11.0 Å². The molecular weight excluding hydrogens is 300 g/mol. The molecule has 0 aliphatic carbocycles. The van der Waals surface area contributed by atoms with E-state index in [1.54, 1.807) is 31.2 Å². The molecule has 3 rings (SSSR count). The molecule has 0 atom stereocenters. The minimum absolute atomic E-state index is 0.0922. The van der Waals surface area contributed by atoms with E-state index < -0.39 is 11.2 Å². The Labute approximate surface area is 131 Å². The molecule has 2 N–H and O–H groups in total. The molecule has 0 fully saturated rings. The summed E-state index contributed by atoms with van der Waals surface area (Å²) in [4.78, 5) is 12.5. The van der Waals surface area contributed by atoms with Crippen molar-refractivity contribution in [2.45, 2.75) is 6.92 Å². The number of aromatic hydroxyl groups is 2. The molecule has 0 radical (unpaired) electrons. The molecule has 1 heterocycles. The zero-order valence-electron chi connectivity index (χ0n) is 12.5. The first-order chi connectivity index (χ1) is 11.0. The topological polar surface area (TPSA) is 89.1 Å². The molecule has 6 heteroatoms. The Balaban J connectivity index is 2.27. The number of fused-ring (bicyclic) bond motifs is 1. The molecule has 0 aliphatic rings. The second kappa shape index (κ2) is 5.57. The number of hydrogen-bond donors (Lipinski definition) is 2.